The topological polar surface area (TPSA) is 69.7 Å². The fourth-order valence-electron chi connectivity index (χ4n) is 3.21. The molecule has 0 N–H and O–H groups in total. The maximum Gasteiger partial charge on any atom is 0.417 e. The van der Waals surface area contributed by atoms with Crippen molar-refractivity contribution in [2.45, 2.75) is 32.5 Å². The van der Waals surface area contributed by atoms with E-state index in [0.717, 1.165) is 6.07 Å². The van der Waals surface area contributed by atoms with E-state index in [9.17, 15) is 22.8 Å². The molecule has 2 aromatic heterocycles. The zero-order chi connectivity index (χ0) is 19.7. The molecule has 0 unspecified atom stereocenters. The Balaban J connectivity index is 2.38. The fourth-order valence-corrected chi connectivity index (χ4v) is 3.21. The second-order valence-corrected chi connectivity index (χ2v) is 6.89. The number of fused-ring (bicyclic) bond motifs is 6. The largest absolute Gasteiger partial charge is 0.482 e. The first-order valence-electron chi connectivity index (χ1n) is 8.02. The van der Waals surface area contributed by atoms with Gasteiger partial charge in [-0.05, 0) is 32.9 Å². The van der Waals surface area contributed by atoms with Crippen molar-refractivity contribution in [2.24, 2.45) is 0 Å². The van der Waals surface area contributed by atoms with Crippen molar-refractivity contribution in [1.82, 2.24) is 0 Å². The number of hydrogen-bond donors (Lipinski definition) is 0. The summed E-state index contributed by atoms with van der Waals surface area (Å²) >= 11 is 0. The van der Waals surface area contributed by atoms with E-state index in [1.165, 1.54) is 6.92 Å². The van der Waals surface area contributed by atoms with Gasteiger partial charge in [0.1, 0.15) is 22.5 Å². The Morgan fingerprint density at radius 1 is 1.00 bits per heavy atom. The molecule has 4 rings (SSSR count). The van der Waals surface area contributed by atoms with Crippen LogP contribution in [0.1, 0.15) is 30.7 Å². The molecule has 0 spiro atoms. The van der Waals surface area contributed by atoms with Gasteiger partial charge in [-0.1, -0.05) is 0 Å². The number of aryl methyl sites for hydroxylation is 1. The summed E-state index contributed by atoms with van der Waals surface area (Å²) in [4.78, 5) is 24.3. The van der Waals surface area contributed by atoms with Crippen molar-refractivity contribution < 1.29 is 26.7 Å². The van der Waals surface area contributed by atoms with Crippen molar-refractivity contribution in [2.75, 3.05) is 0 Å². The van der Waals surface area contributed by atoms with Gasteiger partial charge in [0.2, 0.25) is 0 Å². The molecule has 0 fully saturated rings. The SMILES string of the molecule is Cc1cc(=O)c2c(o1)c1c(c3c(C(F)(F)F)cc(=O)oc32)OC(C)(C)C=C1. The van der Waals surface area contributed by atoms with Gasteiger partial charge in [0.15, 0.2) is 16.6 Å². The molecule has 0 bridgehead atoms. The monoisotopic (exact) mass is 378 g/mol. The highest BCUT2D eigenvalue weighted by Gasteiger charge is 2.38. The van der Waals surface area contributed by atoms with Crippen LogP contribution in [0.25, 0.3) is 28.0 Å². The first kappa shape index (κ1) is 17.4. The van der Waals surface area contributed by atoms with Crippen LogP contribution in [0.3, 0.4) is 0 Å². The Hall–Kier alpha value is -3.03. The Labute approximate surface area is 149 Å². The van der Waals surface area contributed by atoms with E-state index in [0.29, 0.717) is 6.07 Å². The maximum atomic E-state index is 13.7. The zero-order valence-electron chi connectivity index (χ0n) is 14.5. The normalized spacial score (nSPS) is 15.8. The van der Waals surface area contributed by atoms with E-state index in [-0.39, 0.29) is 28.0 Å². The second kappa shape index (κ2) is 5.25. The van der Waals surface area contributed by atoms with Gasteiger partial charge in [0.25, 0.3) is 0 Å². The lowest BCUT2D eigenvalue weighted by molar-refractivity contribution is -0.136. The number of alkyl halides is 3. The Morgan fingerprint density at radius 2 is 1.70 bits per heavy atom. The van der Waals surface area contributed by atoms with Crippen LogP contribution in [0.2, 0.25) is 0 Å². The average Bonchev–Trinajstić information content (AvgIpc) is 2.51. The minimum Gasteiger partial charge on any atom is -0.482 e. The van der Waals surface area contributed by atoms with Crippen molar-refractivity contribution >= 4 is 28.0 Å². The van der Waals surface area contributed by atoms with E-state index in [1.807, 2.05) is 0 Å². The maximum absolute atomic E-state index is 13.7. The average molecular weight is 378 g/mol. The van der Waals surface area contributed by atoms with Gasteiger partial charge < -0.3 is 13.6 Å². The van der Waals surface area contributed by atoms with Crippen LogP contribution in [-0.2, 0) is 6.18 Å². The predicted molar refractivity (Wildman–Crippen MR) is 92.0 cm³/mol. The van der Waals surface area contributed by atoms with Crippen molar-refractivity contribution in [3.8, 4) is 5.75 Å². The van der Waals surface area contributed by atoms with Crippen LogP contribution < -0.4 is 15.8 Å². The number of benzene rings is 1. The summed E-state index contributed by atoms with van der Waals surface area (Å²) in [5, 5.41) is -0.705. The molecular formula is C19H13F3O5. The summed E-state index contributed by atoms with van der Waals surface area (Å²) in [6.07, 6.45) is -1.65. The van der Waals surface area contributed by atoms with E-state index in [2.05, 4.69) is 0 Å². The van der Waals surface area contributed by atoms with E-state index in [4.69, 9.17) is 13.6 Å². The molecule has 5 nitrogen and oxygen atoms in total. The minimum absolute atomic E-state index is 0.0109. The van der Waals surface area contributed by atoms with Crippen LogP contribution >= 0.6 is 0 Å². The van der Waals surface area contributed by atoms with Crippen LogP contribution in [0, 0.1) is 6.92 Å². The highest BCUT2D eigenvalue weighted by atomic mass is 19.4. The van der Waals surface area contributed by atoms with Gasteiger partial charge in [0.05, 0.1) is 16.5 Å². The molecule has 0 saturated heterocycles. The van der Waals surface area contributed by atoms with E-state index in [1.54, 1.807) is 26.0 Å². The standard InChI is InChI=1S/C19H13F3O5/c1-8-6-11(23)14-15(25-8)9-4-5-18(2,3)27-16(9)13-10(19(20,21)22)7-12(24)26-17(13)14/h4-7H,1-3H3. The molecular weight excluding hydrogens is 365 g/mol. The molecule has 0 amide bonds. The quantitative estimate of drug-likeness (QED) is 0.428. The van der Waals surface area contributed by atoms with Gasteiger partial charge in [-0.15, -0.1) is 0 Å². The smallest absolute Gasteiger partial charge is 0.417 e. The molecule has 8 heteroatoms. The molecule has 27 heavy (non-hydrogen) atoms. The number of halogens is 3. The second-order valence-electron chi connectivity index (χ2n) is 6.89. The first-order chi connectivity index (χ1) is 12.5. The summed E-state index contributed by atoms with van der Waals surface area (Å²) in [7, 11) is 0. The number of rotatable bonds is 0. The summed E-state index contributed by atoms with van der Waals surface area (Å²) < 4.78 is 57.4. The van der Waals surface area contributed by atoms with Crippen LogP contribution in [-0.4, -0.2) is 5.60 Å². The molecule has 0 aliphatic carbocycles. The Bertz CT molecular complexity index is 1260. The molecule has 1 aliphatic heterocycles. The van der Waals surface area contributed by atoms with Gasteiger partial charge in [-0.25, -0.2) is 4.79 Å². The van der Waals surface area contributed by atoms with Crippen molar-refractivity contribution in [1.29, 1.82) is 0 Å². The molecule has 0 saturated carbocycles. The fraction of sp³-hybridized carbons (Fsp3) is 0.263. The predicted octanol–water partition coefficient (Wildman–Crippen LogP) is 4.41. The minimum atomic E-state index is -4.85. The van der Waals surface area contributed by atoms with Crippen LogP contribution in [0.5, 0.6) is 5.75 Å². The number of hydrogen-bond acceptors (Lipinski definition) is 5. The van der Waals surface area contributed by atoms with Crippen molar-refractivity contribution in [3.63, 3.8) is 0 Å². The summed E-state index contributed by atoms with van der Waals surface area (Å²) in [6, 6.07) is 1.49. The molecule has 3 heterocycles. The third-order valence-electron chi connectivity index (χ3n) is 4.30. The summed E-state index contributed by atoms with van der Waals surface area (Å²) in [5.41, 5.74) is -4.25. The first-order valence-corrected chi connectivity index (χ1v) is 8.02. The summed E-state index contributed by atoms with van der Waals surface area (Å²) in [6.45, 7) is 4.87. The van der Waals surface area contributed by atoms with Gasteiger partial charge >= 0.3 is 11.8 Å². The number of ether oxygens (including phenoxy) is 1. The van der Waals surface area contributed by atoms with Gasteiger partial charge in [-0.2, -0.15) is 13.2 Å². The summed E-state index contributed by atoms with van der Waals surface area (Å²) in [5.74, 6) is 0.122. The Morgan fingerprint density at radius 3 is 2.37 bits per heavy atom. The lowest BCUT2D eigenvalue weighted by Gasteiger charge is -2.29. The molecule has 0 radical (unpaired) electrons. The molecule has 1 aliphatic rings. The third-order valence-corrected chi connectivity index (χ3v) is 4.30. The zero-order valence-corrected chi connectivity index (χ0v) is 14.5. The highest BCUT2D eigenvalue weighted by molar-refractivity contribution is 6.10. The molecule has 1 aromatic carbocycles. The van der Waals surface area contributed by atoms with Crippen molar-refractivity contribution in [3.05, 3.63) is 55.7 Å². The van der Waals surface area contributed by atoms with E-state index < -0.39 is 39.4 Å². The van der Waals surface area contributed by atoms with Gasteiger partial charge in [0, 0.05) is 12.1 Å². The van der Waals surface area contributed by atoms with E-state index >= 15 is 0 Å². The van der Waals surface area contributed by atoms with Gasteiger partial charge in [-0.3, -0.25) is 4.79 Å². The highest BCUT2D eigenvalue weighted by Crippen LogP contribution is 2.46. The molecule has 140 valence electrons. The lowest BCUT2D eigenvalue weighted by atomic mass is 9.95. The molecule has 0 atom stereocenters. The molecule has 3 aromatic rings. The Kier molecular flexibility index (Phi) is 3.38. The third kappa shape index (κ3) is 2.63. The lowest BCUT2D eigenvalue weighted by Crippen LogP contribution is -2.28. The van der Waals surface area contributed by atoms with Crippen LogP contribution in [0.4, 0.5) is 13.2 Å². The van der Waals surface area contributed by atoms with Crippen LogP contribution in [0.15, 0.2) is 36.6 Å².